The van der Waals surface area contributed by atoms with Crippen LogP contribution in [0.15, 0.2) is 47.4 Å². The minimum Gasteiger partial charge on any atom is -0.398 e. The predicted octanol–water partition coefficient (Wildman–Crippen LogP) is 3.65. The maximum atomic E-state index is 12.7. The van der Waals surface area contributed by atoms with Crippen LogP contribution in [0.5, 0.6) is 0 Å². The minimum atomic E-state index is -0.467. The number of halogens is 1. The Morgan fingerprint density at radius 1 is 1.22 bits per heavy atom. The highest BCUT2D eigenvalue weighted by atomic mass is 35.5. The number of thioether (sulfide) groups is 1. The van der Waals surface area contributed by atoms with Gasteiger partial charge >= 0.3 is 0 Å². The van der Waals surface area contributed by atoms with Gasteiger partial charge in [-0.05, 0) is 36.8 Å². The fourth-order valence-electron chi connectivity index (χ4n) is 2.51. The van der Waals surface area contributed by atoms with Crippen LogP contribution >= 0.6 is 23.4 Å². The van der Waals surface area contributed by atoms with Crippen molar-refractivity contribution in [2.75, 3.05) is 10.6 Å². The van der Waals surface area contributed by atoms with Crippen LogP contribution in [0.2, 0.25) is 5.02 Å². The molecule has 0 bridgehead atoms. The van der Waals surface area contributed by atoms with Gasteiger partial charge in [0.25, 0.3) is 0 Å². The zero-order valence-electron chi connectivity index (χ0n) is 12.5. The van der Waals surface area contributed by atoms with E-state index in [1.165, 1.54) is 16.7 Å². The Morgan fingerprint density at radius 2 is 1.96 bits per heavy atom. The molecule has 0 saturated carbocycles. The average Bonchev–Trinajstić information content (AvgIpc) is 2.79. The molecule has 1 fully saturated rings. The molecule has 0 spiro atoms. The third-order valence-electron chi connectivity index (χ3n) is 3.71. The first kappa shape index (κ1) is 15.9. The molecule has 0 radical (unpaired) electrons. The number of carbonyl (C=O) groups is 2. The number of anilines is 2. The topological polar surface area (TPSA) is 63.4 Å². The Bertz CT molecular complexity index is 794. The third kappa shape index (κ3) is 3.07. The first-order chi connectivity index (χ1) is 11.0. The second-order valence-corrected chi connectivity index (χ2v) is 7.03. The van der Waals surface area contributed by atoms with E-state index in [1.54, 1.807) is 24.3 Å². The van der Waals surface area contributed by atoms with E-state index in [1.807, 2.05) is 25.1 Å². The van der Waals surface area contributed by atoms with Crippen LogP contribution in [0.3, 0.4) is 0 Å². The number of benzene rings is 2. The van der Waals surface area contributed by atoms with Gasteiger partial charge in [0.15, 0.2) is 0 Å². The van der Waals surface area contributed by atoms with Gasteiger partial charge in [-0.1, -0.05) is 29.8 Å². The van der Waals surface area contributed by atoms with E-state index < -0.39 is 5.25 Å². The first-order valence-corrected chi connectivity index (χ1v) is 8.37. The van der Waals surface area contributed by atoms with E-state index in [0.29, 0.717) is 16.4 Å². The summed E-state index contributed by atoms with van der Waals surface area (Å²) in [6.07, 6.45) is 0.157. The lowest BCUT2D eigenvalue weighted by atomic mass is 10.2. The Kier molecular flexibility index (Phi) is 4.33. The molecule has 2 aromatic carbocycles. The SMILES string of the molecule is Cc1ccc(Cl)cc1N1C(=O)C[C@@H](Sc2ccccc2N)C1=O. The molecule has 4 nitrogen and oxygen atoms in total. The molecular weight excluding hydrogens is 332 g/mol. The highest BCUT2D eigenvalue weighted by Gasteiger charge is 2.40. The number of amides is 2. The molecule has 1 heterocycles. The summed E-state index contributed by atoms with van der Waals surface area (Å²) in [5, 5.41) is 0.0280. The van der Waals surface area contributed by atoms with Crippen LogP contribution in [0.4, 0.5) is 11.4 Å². The number of rotatable bonds is 3. The van der Waals surface area contributed by atoms with Gasteiger partial charge in [0.1, 0.15) is 0 Å². The summed E-state index contributed by atoms with van der Waals surface area (Å²) >= 11 is 7.33. The van der Waals surface area contributed by atoms with Crippen LogP contribution in [0, 0.1) is 6.92 Å². The Balaban J connectivity index is 1.88. The van der Waals surface area contributed by atoms with Crippen LogP contribution in [0.25, 0.3) is 0 Å². The summed E-state index contributed by atoms with van der Waals surface area (Å²) in [5.74, 6) is -0.444. The standard InChI is InChI=1S/C17H15ClN2O2S/c1-10-6-7-11(18)8-13(10)20-16(21)9-15(17(20)22)23-14-5-3-2-4-12(14)19/h2-8,15H,9,19H2,1H3/t15-/m1/s1. The van der Waals surface area contributed by atoms with Crippen molar-refractivity contribution >= 4 is 46.6 Å². The van der Waals surface area contributed by atoms with Crippen LogP contribution < -0.4 is 10.6 Å². The van der Waals surface area contributed by atoms with Crippen molar-refractivity contribution in [1.82, 2.24) is 0 Å². The lowest BCUT2D eigenvalue weighted by molar-refractivity contribution is -0.121. The summed E-state index contributed by atoms with van der Waals surface area (Å²) in [6, 6.07) is 12.5. The van der Waals surface area contributed by atoms with E-state index in [0.717, 1.165) is 10.5 Å². The minimum absolute atomic E-state index is 0.157. The zero-order chi connectivity index (χ0) is 16.6. The lowest BCUT2D eigenvalue weighted by Gasteiger charge is -2.17. The van der Waals surface area contributed by atoms with Gasteiger partial charge in [0.2, 0.25) is 11.8 Å². The number of imide groups is 1. The second kappa shape index (κ2) is 6.26. The second-order valence-electron chi connectivity index (χ2n) is 5.35. The summed E-state index contributed by atoms with van der Waals surface area (Å²) in [4.78, 5) is 27.1. The van der Waals surface area contributed by atoms with E-state index >= 15 is 0 Å². The smallest absolute Gasteiger partial charge is 0.247 e. The van der Waals surface area contributed by atoms with Gasteiger partial charge in [0, 0.05) is 22.0 Å². The monoisotopic (exact) mass is 346 g/mol. The number of hydrogen-bond acceptors (Lipinski definition) is 4. The molecule has 2 amide bonds. The van der Waals surface area contributed by atoms with Crippen molar-refractivity contribution in [3.63, 3.8) is 0 Å². The quantitative estimate of drug-likeness (QED) is 0.680. The van der Waals surface area contributed by atoms with Gasteiger partial charge in [-0.25, -0.2) is 4.90 Å². The van der Waals surface area contributed by atoms with Gasteiger partial charge in [-0.2, -0.15) is 0 Å². The van der Waals surface area contributed by atoms with Crippen molar-refractivity contribution in [3.05, 3.63) is 53.1 Å². The molecule has 0 aromatic heterocycles. The van der Waals surface area contributed by atoms with Crippen molar-refractivity contribution in [3.8, 4) is 0 Å². The van der Waals surface area contributed by atoms with E-state index in [4.69, 9.17) is 17.3 Å². The Hall–Kier alpha value is -1.98. The Labute approximate surface area is 143 Å². The summed E-state index contributed by atoms with van der Waals surface area (Å²) in [6.45, 7) is 1.85. The molecule has 1 aliphatic heterocycles. The predicted molar refractivity (Wildman–Crippen MR) is 93.8 cm³/mol. The molecule has 1 aliphatic rings. The van der Waals surface area contributed by atoms with Gasteiger partial charge < -0.3 is 5.73 Å². The number of nitrogens with two attached hydrogens (primary N) is 1. The molecule has 1 saturated heterocycles. The van der Waals surface area contributed by atoms with E-state index in [2.05, 4.69) is 0 Å². The summed E-state index contributed by atoms with van der Waals surface area (Å²) in [7, 11) is 0. The van der Waals surface area contributed by atoms with Crippen molar-refractivity contribution in [2.45, 2.75) is 23.5 Å². The molecule has 23 heavy (non-hydrogen) atoms. The number of carbonyl (C=O) groups excluding carboxylic acids is 2. The van der Waals surface area contributed by atoms with Crippen LogP contribution in [0.1, 0.15) is 12.0 Å². The van der Waals surface area contributed by atoms with E-state index in [-0.39, 0.29) is 18.2 Å². The molecule has 0 aliphatic carbocycles. The number of nitrogen functional groups attached to an aromatic ring is 1. The molecule has 0 unspecified atom stereocenters. The molecular formula is C17H15ClN2O2S. The molecule has 6 heteroatoms. The Morgan fingerprint density at radius 3 is 2.70 bits per heavy atom. The average molecular weight is 347 g/mol. The van der Waals surface area contributed by atoms with Crippen molar-refractivity contribution < 1.29 is 9.59 Å². The van der Waals surface area contributed by atoms with Gasteiger partial charge in [-0.15, -0.1) is 11.8 Å². The molecule has 2 N–H and O–H groups in total. The molecule has 3 rings (SSSR count). The third-order valence-corrected chi connectivity index (χ3v) is 5.22. The lowest BCUT2D eigenvalue weighted by Crippen LogP contribution is -2.31. The number of nitrogens with zero attached hydrogens (tertiary/aromatic N) is 1. The summed E-state index contributed by atoms with van der Waals surface area (Å²) in [5.41, 5.74) is 7.91. The molecule has 118 valence electrons. The highest BCUT2D eigenvalue weighted by molar-refractivity contribution is 8.00. The number of aryl methyl sites for hydroxylation is 1. The van der Waals surface area contributed by atoms with E-state index in [9.17, 15) is 9.59 Å². The van der Waals surface area contributed by atoms with Gasteiger partial charge in [-0.3, -0.25) is 9.59 Å². The summed E-state index contributed by atoms with van der Waals surface area (Å²) < 4.78 is 0. The van der Waals surface area contributed by atoms with Crippen molar-refractivity contribution in [1.29, 1.82) is 0 Å². The fourth-order valence-corrected chi connectivity index (χ4v) is 3.78. The zero-order valence-corrected chi connectivity index (χ0v) is 14.0. The van der Waals surface area contributed by atoms with Crippen molar-refractivity contribution in [2.24, 2.45) is 0 Å². The highest BCUT2D eigenvalue weighted by Crippen LogP contribution is 2.37. The largest absolute Gasteiger partial charge is 0.398 e. The first-order valence-electron chi connectivity index (χ1n) is 7.11. The molecule has 1 atom stereocenters. The number of para-hydroxylation sites is 1. The maximum absolute atomic E-state index is 12.7. The van der Waals surface area contributed by atoms with Gasteiger partial charge in [0.05, 0.1) is 10.9 Å². The fraction of sp³-hybridized carbons (Fsp3) is 0.176. The maximum Gasteiger partial charge on any atom is 0.247 e. The van der Waals surface area contributed by atoms with Crippen LogP contribution in [-0.2, 0) is 9.59 Å². The number of hydrogen-bond donors (Lipinski definition) is 1. The van der Waals surface area contributed by atoms with Crippen LogP contribution in [-0.4, -0.2) is 17.1 Å². The molecule has 2 aromatic rings. The normalized spacial score (nSPS) is 17.8.